The molecule has 0 saturated carbocycles. The van der Waals surface area contributed by atoms with E-state index in [1.165, 1.54) is 12.1 Å². The van der Waals surface area contributed by atoms with Crippen molar-refractivity contribution in [3.63, 3.8) is 0 Å². The van der Waals surface area contributed by atoms with Crippen molar-refractivity contribution in [2.45, 2.75) is 6.92 Å². The maximum Gasteiger partial charge on any atom is 0.257 e. The first kappa shape index (κ1) is 15.5. The summed E-state index contributed by atoms with van der Waals surface area (Å²) in [4.78, 5) is 12.3. The van der Waals surface area contributed by atoms with E-state index in [9.17, 15) is 4.79 Å². The molecule has 3 N–H and O–H groups in total. The molecule has 0 aliphatic rings. The highest BCUT2D eigenvalue weighted by molar-refractivity contribution is 6.44. The molecule has 0 aliphatic heterocycles. The predicted octanol–water partition coefficient (Wildman–Crippen LogP) is 4.14. The van der Waals surface area contributed by atoms with Crippen molar-refractivity contribution >= 4 is 40.5 Å². The van der Waals surface area contributed by atoms with Gasteiger partial charge < -0.3 is 15.8 Å². The zero-order chi connectivity index (χ0) is 15.6. The lowest BCUT2D eigenvalue weighted by molar-refractivity contribution is 0.102. The second kappa shape index (κ2) is 6.24. The average molecular weight is 325 g/mol. The number of carbonyl (C=O) groups excluding carboxylic acids is 1. The predicted molar refractivity (Wildman–Crippen MR) is 86.6 cm³/mol. The summed E-state index contributed by atoms with van der Waals surface area (Å²) in [6.07, 6.45) is 0. The summed E-state index contributed by atoms with van der Waals surface area (Å²) in [6, 6.07) is 8.33. The Morgan fingerprint density at radius 2 is 1.95 bits per heavy atom. The molecular weight excluding hydrogens is 311 g/mol. The highest BCUT2D eigenvalue weighted by Crippen LogP contribution is 2.30. The Balaban J connectivity index is 2.30. The highest BCUT2D eigenvalue weighted by atomic mass is 35.5. The summed E-state index contributed by atoms with van der Waals surface area (Å²) in [6.45, 7) is 1.87. The standard InChI is InChI=1S/C15H14Cl2N2O2/c1-8-5-10(21-2)3-4-13(8)19-15(20)11-6-9(18)7-12(16)14(11)17/h3-7H,18H2,1-2H3,(H,19,20). The minimum absolute atomic E-state index is 0.175. The fourth-order valence-electron chi connectivity index (χ4n) is 1.87. The monoisotopic (exact) mass is 324 g/mol. The smallest absolute Gasteiger partial charge is 0.257 e. The fraction of sp³-hybridized carbons (Fsp3) is 0.133. The fourth-order valence-corrected chi connectivity index (χ4v) is 2.29. The number of aryl methyl sites for hydroxylation is 1. The van der Waals surface area contributed by atoms with Gasteiger partial charge in [-0.25, -0.2) is 0 Å². The maximum atomic E-state index is 12.3. The van der Waals surface area contributed by atoms with Crippen LogP contribution in [0.1, 0.15) is 15.9 Å². The van der Waals surface area contributed by atoms with Gasteiger partial charge in [0, 0.05) is 11.4 Å². The van der Waals surface area contributed by atoms with Gasteiger partial charge in [0.25, 0.3) is 5.91 Å². The molecular formula is C15H14Cl2N2O2. The molecule has 0 unspecified atom stereocenters. The molecule has 0 bridgehead atoms. The molecule has 0 fully saturated rings. The van der Waals surface area contributed by atoms with E-state index in [2.05, 4.69) is 5.32 Å². The van der Waals surface area contributed by atoms with Gasteiger partial charge in [-0.3, -0.25) is 4.79 Å². The topological polar surface area (TPSA) is 64.3 Å². The van der Waals surface area contributed by atoms with Gasteiger partial charge in [0.05, 0.1) is 22.7 Å². The summed E-state index contributed by atoms with van der Waals surface area (Å²) in [7, 11) is 1.58. The number of hydrogen-bond donors (Lipinski definition) is 2. The third-order valence-corrected chi connectivity index (χ3v) is 3.78. The second-order valence-electron chi connectivity index (χ2n) is 4.50. The third kappa shape index (κ3) is 3.40. The lowest BCUT2D eigenvalue weighted by Gasteiger charge is -2.11. The Labute approximate surface area is 132 Å². The minimum Gasteiger partial charge on any atom is -0.497 e. The number of ether oxygens (including phenoxy) is 1. The molecule has 0 atom stereocenters. The first-order valence-electron chi connectivity index (χ1n) is 6.13. The van der Waals surface area contributed by atoms with E-state index in [4.69, 9.17) is 33.7 Å². The summed E-state index contributed by atoms with van der Waals surface area (Å²) < 4.78 is 5.12. The van der Waals surface area contributed by atoms with Crippen molar-refractivity contribution < 1.29 is 9.53 Å². The Hall–Kier alpha value is -1.91. The SMILES string of the molecule is COc1ccc(NC(=O)c2cc(N)cc(Cl)c2Cl)c(C)c1. The molecule has 0 heterocycles. The van der Waals surface area contributed by atoms with E-state index < -0.39 is 0 Å². The van der Waals surface area contributed by atoms with Crippen LogP contribution in [0.25, 0.3) is 0 Å². The minimum atomic E-state index is -0.373. The van der Waals surface area contributed by atoms with Gasteiger partial charge in [0.15, 0.2) is 0 Å². The first-order valence-corrected chi connectivity index (χ1v) is 6.88. The number of nitrogens with one attached hydrogen (secondary N) is 1. The molecule has 110 valence electrons. The van der Waals surface area contributed by atoms with Gasteiger partial charge in [-0.2, -0.15) is 0 Å². The molecule has 21 heavy (non-hydrogen) atoms. The zero-order valence-corrected chi connectivity index (χ0v) is 13.0. The lowest BCUT2D eigenvalue weighted by Crippen LogP contribution is -2.14. The van der Waals surface area contributed by atoms with E-state index in [-0.39, 0.29) is 21.5 Å². The molecule has 2 aromatic carbocycles. The maximum absolute atomic E-state index is 12.3. The second-order valence-corrected chi connectivity index (χ2v) is 5.28. The van der Waals surface area contributed by atoms with E-state index in [1.54, 1.807) is 19.2 Å². The van der Waals surface area contributed by atoms with Gasteiger partial charge in [-0.1, -0.05) is 23.2 Å². The van der Waals surface area contributed by atoms with Gasteiger partial charge in [-0.05, 0) is 42.8 Å². The number of nitrogens with two attached hydrogens (primary N) is 1. The number of amides is 1. The Bertz CT molecular complexity index is 702. The summed E-state index contributed by atoms with van der Waals surface area (Å²) in [5.74, 6) is 0.345. The Morgan fingerprint density at radius 3 is 2.57 bits per heavy atom. The van der Waals surface area contributed by atoms with Crippen molar-refractivity contribution in [3.05, 3.63) is 51.5 Å². The van der Waals surface area contributed by atoms with Crippen LogP contribution in [-0.2, 0) is 0 Å². The molecule has 0 saturated heterocycles. The number of nitrogen functional groups attached to an aromatic ring is 1. The highest BCUT2D eigenvalue weighted by Gasteiger charge is 2.15. The molecule has 0 radical (unpaired) electrons. The third-order valence-electron chi connectivity index (χ3n) is 2.98. The summed E-state index contributed by atoms with van der Waals surface area (Å²) >= 11 is 12.0. The quantitative estimate of drug-likeness (QED) is 0.834. The van der Waals surface area contributed by atoms with Crippen molar-refractivity contribution in [3.8, 4) is 5.75 Å². The van der Waals surface area contributed by atoms with Gasteiger partial charge >= 0.3 is 0 Å². The van der Waals surface area contributed by atoms with E-state index >= 15 is 0 Å². The molecule has 0 aliphatic carbocycles. The van der Waals surface area contributed by atoms with Crippen LogP contribution in [0.3, 0.4) is 0 Å². The number of rotatable bonds is 3. The number of methoxy groups -OCH3 is 1. The van der Waals surface area contributed by atoms with Crippen LogP contribution in [0, 0.1) is 6.92 Å². The number of hydrogen-bond acceptors (Lipinski definition) is 3. The van der Waals surface area contributed by atoms with Gasteiger partial charge in [0.1, 0.15) is 5.75 Å². The van der Waals surface area contributed by atoms with Gasteiger partial charge in [-0.15, -0.1) is 0 Å². The van der Waals surface area contributed by atoms with Crippen LogP contribution in [0.5, 0.6) is 5.75 Å². The van der Waals surface area contributed by atoms with E-state index in [0.29, 0.717) is 11.4 Å². The molecule has 0 spiro atoms. The summed E-state index contributed by atoms with van der Waals surface area (Å²) in [5.41, 5.74) is 7.83. The zero-order valence-electron chi connectivity index (χ0n) is 11.5. The van der Waals surface area contributed by atoms with E-state index in [1.807, 2.05) is 13.0 Å². The normalized spacial score (nSPS) is 10.3. The Kier molecular flexibility index (Phi) is 4.60. The van der Waals surface area contributed by atoms with Crippen LogP contribution in [0.2, 0.25) is 10.0 Å². The first-order chi connectivity index (χ1) is 9.92. The summed E-state index contributed by atoms with van der Waals surface area (Å²) in [5, 5.41) is 3.20. The van der Waals surface area contributed by atoms with Crippen LogP contribution >= 0.6 is 23.2 Å². The van der Waals surface area contributed by atoms with Crippen molar-refractivity contribution in [1.29, 1.82) is 0 Å². The van der Waals surface area contributed by atoms with Crippen LogP contribution in [0.4, 0.5) is 11.4 Å². The number of carbonyl (C=O) groups is 1. The van der Waals surface area contributed by atoms with Crippen LogP contribution in [-0.4, -0.2) is 13.0 Å². The van der Waals surface area contributed by atoms with Crippen molar-refractivity contribution in [2.75, 3.05) is 18.2 Å². The van der Waals surface area contributed by atoms with Gasteiger partial charge in [0.2, 0.25) is 0 Å². The number of benzene rings is 2. The molecule has 1 amide bonds. The van der Waals surface area contributed by atoms with E-state index in [0.717, 1.165) is 11.3 Å². The molecule has 2 aromatic rings. The van der Waals surface area contributed by atoms with Crippen LogP contribution in [0.15, 0.2) is 30.3 Å². The average Bonchev–Trinajstić information content (AvgIpc) is 2.44. The molecule has 4 nitrogen and oxygen atoms in total. The van der Waals surface area contributed by atoms with Crippen LogP contribution < -0.4 is 15.8 Å². The molecule has 6 heteroatoms. The largest absolute Gasteiger partial charge is 0.497 e. The number of halogens is 2. The molecule has 0 aromatic heterocycles. The van der Waals surface area contributed by atoms with Crippen molar-refractivity contribution in [2.24, 2.45) is 0 Å². The molecule has 2 rings (SSSR count). The Morgan fingerprint density at radius 1 is 1.24 bits per heavy atom. The van der Waals surface area contributed by atoms with Crippen molar-refractivity contribution in [1.82, 2.24) is 0 Å². The lowest BCUT2D eigenvalue weighted by atomic mass is 10.1. The number of anilines is 2.